The number of rotatable bonds is 8. The van der Waals surface area contributed by atoms with E-state index in [4.69, 9.17) is 10.5 Å². The molecule has 0 spiro atoms. The summed E-state index contributed by atoms with van der Waals surface area (Å²) < 4.78 is 89.1. The molecular weight excluding hydrogens is 554 g/mol. The number of halogens is 4. The molecule has 3 N–H and O–H groups in total. The molecule has 1 aliphatic rings. The van der Waals surface area contributed by atoms with Crippen molar-refractivity contribution in [3.63, 3.8) is 0 Å². The highest BCUT2D eigenvalue weighted by Gasteiger charge is 2.47. The van der Waals surface area contributed by atoms with Crippen molar-refractivity contribution in [2.45, 2.75) is 43.9 Å². The lowest BCUT2D eigenvalue weighted by Gasteiger charge is -2.29. The number of nitrogen functional groups attached to an aromatic ring is 1. The van der Waals surface area contributed by atoms with E-state index in [2.05, 4.69) is 9.97 Å². The lowest BCUT2D eigenvalue weighted by atomic mass is 10.1. The molecule has 14 heteroatoms. The Morgan fingerprint density at radius 2 is 1.95 bits per heavy atom. The monoisotopic (exact) mass is 583 g/mol. The Balaban J connectivity index is 0.00000462. The van der Waals surface area contributed by atoms with Gasteiger partial charge in [-0.3, -0.25) is 4.79 Å². The van der Waals surface area contributed by atoms with Gasteiger partial charge in [0.05, 0.1) is 17.9 Å². The van der Waals surface area contributed by atoms with E-state index in [0.717, 1.165) is 23.1 Å². The van der Waals surface area contributed by atoms with Crippen LogP contribution in [0.3, 0.4) is 0 Å². The summed E-state index contributed by atoms with van der Waals surface area (Å²) in [6, 6.07) is 8.06. The second kappa shape index (κ2) is 11.3. The number of pyridine rings is 2. The molecule has 1 aliphatic heterocycles. The lowest BCUT2D eigenvalue weighted by molar-refractivity contribution is -0.146. The predicted octanol–water partition coefficient (Wildman–Crippen LogP) is 4.80. The van der Waals surface area contributed by atoms with Crippen LogP contribution < -0.4 is 20.1 Å². The number of carbonyl (C=O) groups excluding carboxylic acids is 1. The Labute approximate surface area is 229 Å². The summed E-state index contributed by atoms with van der Waals surface area (Å²) in [6.07, 6.45) is -4.72. The molecule has 0 aliphatic carbocycles. The minimum atomic E-state index is -4.64. The van der Waals surface area contributed by atoms with E-state index < -0.39 is 44.6 Å². The van der Waals surface area contributed by atoms with Crippen molar-refractivity contribution in [3.8, 4) is 17.0 Å². The van der Waals surface area contributed by atoms with Crippen molar-refractivity contribution in [2.24, 2.45) is 5.92 Å². The standard InChI is InChI=1S/C26H27F4N5O4S.H2/c1-15(2)14-39-18-12-16(11-17(27)13-18)20-9-8-19(24(32-20)35-10-4-5-21(35)26(28,29)30)25(36)34-40(37,38)23-7-3-6-22(31)33-23;/h3,6-9,11-13,15,21H,4-5,10,14H2,1-2H3,(H2,31,33)(H,34,36);1H/t21-;/m1./s1. The third-order valence-corrected chi connectivity index (χ3v) is 7.25. The van der Waals surface area contributed by atoms with Crippen LogP contribution in [-0.2, 0) is 10.0 Å². The van der Waals surface area contributed by atoms with Crippen LogP contribution in [0.25, 0.3) is 11.3 Å². The van der Waals surface area contributed by atoms with Crippen molar-refractivity contribution in [2.75, 3.05) is 23.8 Å². The van der Waals surface area contributed by atoms with Crippen molar-refractivity contribution in [3.05, 3.63) is 59.9 Å². The van der Waals surface area contributed by atoms with E-state index in [1.807, 2.05) is 18.6 Å². The summed E-state index contributed by atoms with van der Waals surface area (Å²) in [5, 5.41) is -0.546. The zero-order chi connectivity index (χ0) is 29.2. The number of aromatic nitrogens is 2. The van der Waals surface area contributed by atoms with Crippen LogP contribution in [0.2, 0.25) is 0 Å². The van der Waals surface area contributed by atoms with Crippen LogP contribution in [0.4, 0.5) is 29.2 Å². The zero-order valence-corrected chi connectivity index (χ0v) is 22.4. The first kappa shape index (κ1) is 29.1. The van der Waals surface area contributed by atoms with Gasteiger partial charge >= 0.3 is 6.18 Å². The Kier molecular flexibility index (Phi) is 8.19. The first-order valence-electron chi connectivity index (χ1n) is 12.3. The Bertz CT molecular complexity index is 1520. The molecule has 2 aromatic heterocycles. The number of nitrogens with zero attached hydrogens (tertiary/aromatic N) is 3. The van der Waals surface area contributed by atoms with Gasteiger partial charge in [-0.2, -0.15) is 21.6 Å². The number of sulfonamides is 1. The van der Waals surface area contributed by atoms with E-state index >= 15 is 0 Å². The third-order valence-electron chi connectivity index (χ3n) is 6.02. The molecule has 1 atom stereocenters. The SMILES string of the molecule is CC(C)COc1cc(F)cc(-c2ccc(C(=O)NS(=O)(=O)c3cccc(N)n3)c(N3CCC[C@@H]3C(F)(F)F)n2)c1.[HH]. The molecule has 216 valence electrons. The molecule has 1 aromatic carbocycles. The number of carbonyl (C=O) groups is 1. The highest BCUT2D eigenvalue weighted by Crippen LogP contribution is 2.38. The molecule has 3 heterocycles. The number of anilines is 2. The molecule has 3 aromatic rings. The number of amides is 1. The second-order valence-electron chi connectivity index (χ2n) is 9.68. The van der Waals surface area contributed by atoms with Crippen molar-refractivity contribution >= 4 is 27.6 Å². The fraction of sp³-hybridized carbons (Fsp3) is 0.346. The number of benzene rings is 1. The molecule has 4 rings (SSSR count). The first-order chi connectivity index (χ1) is 18.7. The average Bonchev–Trinajstić information content (AvgIpc) is 3.37. The van der Waals surface area contributed by atoms with Crippen molar-refractivity contribution in [1.82, 2.24) is 14.7 Å². The number of ether oxygens (including phenoxy) is 1. The Morgan fingerprint density at radius 3 is 2.62 bits per heavy atom. The summed E-state index contributed by atoms with van der Waals surface area (Å²) in [4.78, 5) is 22.1. The normalized spacial score (nSPS) is 15.9. The number of nitrogens with two attached hydrogens (primary N) is 1. The van der Waals surface area contributed by atoms with Gasteiger partial charge in [-0.15, -0.1) is 0 Å². The Hall–Kier alpha value is -3.94. The maximum absolute atomic E-state index is 14.4. The van der Waals surface area contributed by atoms with Gasteiger partial charge in [0.15, 0.2) is 5.03 Å². The first-order valence-corrected chi connectivity index (χ1v) is 13.8. The van der Waals surface area contributed by atoms with E-state index in [0.29, 0.717) is 6.61 Å². The van der Waals surface area contributed by atoms with Crippen LogP contribution in [0, 0.1) is 11.7 Å². The molecule has 1 saturated heterocycles. The van der Waals surface area contributed by atoms with E-state index in [9.17, 15) is 30.8 Å². The average molecular weight is 584 g/mol. The van der Waals surface area contributed by atoms with Crippen LogP contribution in [0.1, 0.15) is 38.5 Å². The smallest absolute Gasteiger partial charge is 0.408 e. The van der Waals surface area contributed by atoms with Gasteiger partial charge in [-0.1, -0.05) is 19.9 Å². The number of hydrogen-bond acceptors (Lipinski definition) is 8. The second-order valence-corrected chi connectivity index (χ2v) is 11.3. The van der Waals surface area contributed by atoms with Crippen LogP contribution in [0.15, 0.2) is 53.6 Å². The topological polar surface area (TPSA) is 128 Å². The summed E-state index contributed by atoms with van der Waals surface area (Å²) in [7, 11) is -4.52. The molecule has 0 saturated carbocycles. The maximum atomic E-state index is 14.4. The number of hydrogen-bond donors (Lipinski definition) is 2. The quantitative estimate of drug-likeness (QED) is 0.362. The summed E-state index contributed by atoms with van der Waals surface area (Å²) in [5.41, 5.74) is 5.39. The highest BCUT2D eigenvalue weighted by molar-refractivity contribution is 7.90. The van der Waals surface area contributed by atoms with Gasteiger partial charge in [0.1, 0.15) is 29.2 Å². The number of nitrogens with one attached hydrogen (secondary N) is 1. The van der Waals surface area contributed by atoms with Gasteiger partial charge in [0.2, 0.25) is 0 Å². The molecule has 0 unspecified atom stereocenters. The fourth-order valence-corrected chi connectivity index (χ4v) is 5.17. The van der Waals surface area contributed by atoms with Crippen molar-refractivity contribution < 1.29 is 36.9 Å². The third kappa shape index (κ3) is 6.61. The highest BCUT2D eigenvalue weighted by atomic mass is 32.2. The van der Waals surface area contributed by atoms with Gasteiger partial charge in [0.25, 0.3) is 15.9 Å². The Morgan fingerprint density at radius 1 is 1.20 bits per heavy atom. The van der Waals surface area contributed by atoms with Crippen LogP contribution >= 0.6 is 0 Å². The molecule has 0 bridgehead atoms. The van der Waals surface area contributed by atoms with Crippen LogP contribution in [-0.4, -0.2) is 49.7 Å². The predicted molar refractivity (Wildman–Crippen MR) is 142 cm³/mol. The summed E-state index contributed by atoms with van der Waals surface area (Å²) in [5.74, 6) is -2.02. The zero-order valence-electron chi connectivity index (χ0n) is 21.6. The largest absolute Gasteiger partial charge is 0.493 e. The summed E-state index contributed by atoms with van der Waals surface area (Å²) in [6.45, 7) is 4.04. The van der Waals surface area contributed by atoms with Gasteiger partial charge in [-0.05, 0) is 55.2 Å². The maximum Gasteiger partial charge on any atom is 0.408 e. The van der Waals surface area contributed by atoms with E-state index in [1.165, 1.54) is 30.3 Å². The van der Waals surface area contributed by atoms with Crippen molar-refractivity contribution in [1.29, 1.82) is 0 Å². The minimum absolute atomic E-state index is 0. The van der Waals surface area contributed by atoms with Gasteiger partial charge in [0, 0.05) is 19.6 Å². The van der Waals surface area contributed by atoms with E-state index in [1.54, 1.807) is 0 Å². The van der Waals surface area contributed by atoms with Crippen LogP contribution in [0.5, 0.6) is 5.75 Å². The minimum Gasteiger partial charge on any atom is -0.493 e. The fourth-order valence-electron chi connectivity index (χ4n) is 4.23. The van der Waals surface area contributed by atoms with E-state index in [-0.39, 0.29) is 55.4 Å². The molecular formula is C26H29F4N5O4S. The molecule has 1 fully saturated rings. The number of alkyl halides is 3. The molecule has 0 radical (unpaired) electrons. The molecule has 1 amide bonds. The summed E-state index contributed by atoms with van der Waals surface area (Å²) >= 11 is 0. The van der Waals surface area contributed by atoms with Gasteiger partial charge < -0.3 is 15.4 Å². The lowest BCUT2D eigenvalue weighted by Crippen LogP contribution is -2.43. The molecule has 40 heavy (non-hydrogen) atoms. The molecule has 9 nitrogen and oxygen atoms in total. The van der Waals surface area contributed by atoms with Gasteiger partial charge in [-0.25, -0.2) is 19.1 Å².